The maximum absolute atomic E-state index is 12.1. The van der Waals surface area contributed by atoms with E-state index in [-0.39, 0.29) is 25.2 Å². The van der Waals surface area contributed by atoms with E-state index >= 15 is 0 Å². The van der Waals surface area contributed by atoms with Crippen LogP contribution in [0.3, 0.4) is 0 Å². The Labute approximate surface area is 171 Å². The van der Waals surface area contributed by atoms with Crippen molar-refractivity contribution in [2.45, 2.75) is 39.2 Å². The first-order valence-corrected chi connectivity index (χ1v) is 9.76. The van der Waals surface area contributed by atoms with E-state index in [0.29, 0.717) is 28.9 Å². The van der Waals surface area contributed by atoms with Gasteiger partial charge in [0.15, 0.2) is 24.7 Å². The molecule has 0 aromatic heterocycles. The monoisotopic (exact) mass is 400 g/mol. The zero-order chi connectivity index (χ0) is 21.2. The Morgan fingerprint density at radius 1 is 1.28 bits per heavy atom. The van der Waals surface area contributed by atoms with E-state index in [1.54, 1.807) is 24.3 Å². The summed E-state index contributed by atoms with van der Waals surface area (Å²) >= 11 is 0. The van der Waals surface area contributed by atoms with Crippen molar-refractivity contribution < 1.29 is 23.8 Å². The molecule has 0 saturated heterocycles. The molecule has 1 aliphatic carbocycles. The van der Waals surface area contributed by atoms with Gasteiger partial charge in [-0.15, -0.1) is 0 Å². The number of hydrogen-bond acceptors (Lipinski definition) is 6. The number of carbonyl (C=O) groups excluding carboxylic acids is 2. The average molecular weight is 400 g/mol. The van der Waals surface area contributed by atoms with Crippen LogP contribution in [0.15, 0.2) is 24.3 Å². The molecule has 7 nitrogen and oxygen atoms in total. The summed E-state index contributed by atoms with van der Waals surface area (Å²) in [5.74, 6) is 1.00. The van der Waals surface area contributed by atoms with E-state index in [4.69, 9.17) is 19.5 Å². The van der Waals surface area contributed by atoms with Crippen LogP contribution < -0.4 is 14.8 Å². The van der Waals surface area contributed by atoms with Crippen molar-refractivity contribution in [3.63, 3.8) is 0 Å². The molecule has 1 amide bonds. The van der Waals surface area contributed by atoms with Crippen LogP contribution in [0.2, 0.25) is 0 Å². The first kappa shape index (κ1) is 22.3. The molecule has 1 aromatic carbocycles. The summed E-state index contributed by atoms with van der Waals surface area (Å²) in [4.78, 5) is 24.0. The zero-order valence-corrected chi connectivity index (χ0v) is 17.1. The molecule has 0 heterocycles. The van der Waals surface area contributed by atoms with Gasteiger partial charge in [0.2, 0.25) is 0 Å². The first-order valence-electron chi connectivity index (χ1n) is 9.76. The van der Waals surface area contributed by atoms with Crippen molar-refractivity contribution in [3.05, 3.63) is 29.8 Å². The number of esters is 1. The number of nitriles is 1. The van der Waals surface area contributed by atoms with Crippen molar-refractivity contribution in [2.75, 3.05) is 20.3 Å². The van der Waals surface area contributed by atoms with Crippen LogP contribution in [-0.2, 0) is 14.3 Å². The largest absolute Gasteiger partial charge is 0.493 e. The highest BCUT2D eigenvalue weighted by Crippen LogP contribution is 2.29. The quantitative estimate of drug-likeness (QED) is 0.532. The van der Waals surface area contributed by atoms with Crippen LogP contribution in [0.1, 0.15) is 38.7 Å². The third kappa shape index (κ3) is 6.83. The van der Waals surface area contributed by atoms with Crippen LogP contribution in [0, 0.1) is 23.2 Å². The lowest BCUT2D eigenvalue weighted by atomic mass is 9.78. The fourth-order valence-electron chi connectivity index (χ4n) is 3.40. The van der Waals surface area contributed by atoms with E-state index in [1.807, 2.05) is 6.07 Å². The zero-order valence-electron chi connectivity index (χ0n) is 17.1. The lowest BCUT2D eigenvalue weighted by molar-refractivity contribution is -0.144. The molecule has 1 aliphatic rings. The second kappa shape index (κ2) is 11.1. The molecular weight excluding hydrogens is 372 g/mol. The summed E-state index contributed by atoms with van der Waals surface area (Å²) in [6, 6.07) is 7.07. The minimum Gasteiger partial charge on any atom is -0.493 e. The van der Waals surface area contributed by atoms with Gasteiger partial charge in [-0.2, -0.15) is 5.26 Å². The standard InChI is InChI=1S/C22H28N2O5/c1-15-5-4-6-18(16(15)2)24-21(25)14-29-22(26)10-8-17-7-9-19(28-12-11-23)20(13-17)27-3/h7-10,13,15-16,18H,4-6,12,14H2,1-3H3,(H,24,25)/b10-8+/t15-,16+,18-/m1/s1. The van der Waals surface area contributed by atoms with Gasteiger partial charge in [0.1, 0.15) is 6.07 Å². The van der Waals surface area contributed by atoms with Crippen LogP contribution >= 0.6 is 0 Å². The number of carbonyl (C=O) groups is 2. The van der Waals surface area contributed by atoms with Gasteiger partial charge in [-0.05, 0) is 42.0 Å². The molecule has 7 heteroatoms. The molecule has 1 fully saturated rings. The van der Waals surface area contributed by atoms with E-state index < -0.39 is 5.97 Å². The summed E-state index contributed by atoms with van der Waals surface area (Å²) in [6.45, 7) is 3.96. The van der Waals surface area contributed by atoms with E-state index in [0.717, 1.165) is 12.8 Å². The number of methoxy groups -OCH3 is 1. The Hall–Kier alpha value is -3.01. The lowest BCUT2D eigenvalue weighted by Gasteiger charge is -2.34. The highest BCUT2D eigenvalue weighted by atomic mass is 16.5. The molecule has 0 radical (unpaired) electrons. The fourth-order valence-corrected chi connectivity index (χ4v) is 3.40. The predicted octanol–water partition coefficient (Wildman–Crippen LogP) is 3.09. The van der Waals surface area contributed by atoms with Gasteiger partial charge in [-0.1, -0.05) is 32.8 Å². The van der Waals surface area contributed by atoms with Gasteiger partial charge in [0.05, 0.1) is 7.11 Å². The van der Waals surface area contributed by atoms with Crippen LogP contribution in [0.4, 0.5) is 0 Å². The molecule has 0 spiro atoms. The molecule has 3 atom stereocenters. The Bertz CT molecular complexity index is 784. The normalized spacial score (nSPS) is 21.2. The van der Waals surface area contributed by atoms with Gasteiger partial charge in [-0.25, -0.2) is 4.79 Å². The molecule has 0 aliphatic heterocycles. The van der Waals surface area contributed by atoms with Gasteiger partial charge in [0, 0.05) is 12.1 Å². The number of nitrogens with one attached hydrogen (secondary N) is 1. The van der Waals surface area contributed by atoms with Crippen LogP contribution in [0.25, 0.3) is 6.08 Å². The van der Waals surface area contributed by atoms with Gasteiger partial charge >= 0.3 is 5.97 Å². The molecule has 1 saturated carbocycles. The Balaban J connectivity index is 1.83. The van der Waals surface area contributed by atoms with E-state index in [2.05, 4.69) is 19.2 Å². The molecule has 0 bridgehead atoms. The summed E-state index contributed by atoms with van der Waals surface area (Å²) in [7, 11) is 1.49. The SMILES string of the molecule is COc1cc(/C=C/C(=O)OCC(=O)N[C@@H]2CCC[C@@H](C)[C@@H]2C)ccc1OCC#N. The summed E-state index contributed by atoms with van der Waals surface area (Å²) in [5.41, 5.74) is 0.692. The minimum absolute atomic E-state index is 0.0848. The maximum atomic E-state index is 12.1. The number of hydrogen-bond donors (Lipinski definition) is 1. The molecule has 2 rings (SSSR count). The average Bonchev–Trinajstić information content (AvgIpc) is 2.72. The van der Waals surface area contributed by atoms with Crippen molar-refractivity contribution in [1.29, 1.82) is 5.26 Å². The smallest absolute Gasteiger partial charge is 0.331 e. The third-order valence-corrected chi connectivity index (χ3v) is 5.29. The van der Waals surface area contributed by atoms with Gasteiger partial charge in [-0.3, -0.25) is 4.79 Å². The van der Waals surface area contributed by atoms with Crippen molar-refractivity contribution in [2.24, 2.45) is 11.8 Å². The third-order valence-electron chi connectivity index (χ3n) is 5.29. The van der Waals surface area contributed by atoms with E-state index in [1.165, 1.54) is 19.6 Å². The van der Waals surface area contributed by atoms with Crippen molar-refractivity contribution >= 4 is 18.0 Å². The topological polar surface area (TPSA) is 97.7 Å². The molecule has 29 heavy (non-hydrogen) atoms. The number of amides is 1. The maximum Gasteiger partial charge on any atom is 0.331 e. The molecule has 0 unspecified atom stereocenters. The molecule has 1 N–H and O–H groups in total. The van der Waals surface area contributed by atoms with Crippen LogP contribution in [-0.4, -0.2) is 38.2 Å². The Morgan fingerprint density at radius 3 is 2.79 bits per heavy atom. The molecule has 156 valence electrons. The van der Waals surface area contributed by atoms with Crippen molar-refractivity contribution in [3.8, 4) is 17.6 Å². The number of nitrogens with zero attached hydrogens (tertiary/aromatic N) is 1. The van der Waals surface area contributed by atoms with Gasteiger partial charge < -0.3 is 19.5 Å². The predicted molar refractivity (Wildman–Crippen MR) is 108 cm³/mol. The van der Waals surface area contributed by atoms with Gasteiger partial charge in [0.25, 0.3) is 5.91 Å². The Kier molecular flexibility index (Phi) is 8.53. The molecule has 1 aromatic rings. The first-order chi connectivity index (χ1) is 13.9. The molecular formula is C22H28N2O5. The van der Waals surface area contributed by atoms with Crippen molar-refractivity contribution in [1.82, 2.24) is 5.32 Å². The van der Waals surface area contributed by atoms with Crippen LogP contribution in [0.5, 0.6) is 11.5 Å². The summed E-state index contributed by atoms with van der Waals surface area (Å²) in [5, 5.41) is 11.6. The number of rotatable bonds is 8. The second-order valence-electron chi connectivity index (χ2n) is 7.24. The second-order valence-corrected chi connectivity index (χ2v) is 7.24. The summed E-state index contributed by atoms with van der Waals surface area (Å²) in [6.07, 6.45) is 6.05. The highest BCUT2D eigenvalue weighted by Gasteiger charge is 2.28. The van der Waals surface area contributed by atoms with E-state index in [9.17, 15) is 9.59 Å². The number of ether oxygens (including phenoxy) is 3. The Morgan fingerprint density at radius 2 is 2.07 bits per heavy atom. The highest BCUT2D eigenvalue weighted by molar-refractivity contribution is 5.89. The number of benzene rings is 1. The fraction of sp³-hybridized carbons (Fsp3) is 0.500. The minimum atomic E-state index is -0.603. The summed E-state index contributed by atoms with van der Waals surface area (Å²) < 4.78 is 15.5. The lowest BCUT2D eigenvalue weighted by Crippen LogP contribution is -2.45.